The van der Waals surface area contributed by atoms with E-state index in [-0.39, 0.29) is 18.6 Å². The van der Waals surface area contributed by atoms with Crippen LogP contribution in [0.2, 0.25) is 0 Å². The minimum Gasteiger partial charge on any atom is -0.396 e. The van der Waals surface area contributed by atoms with Crippen LogP contribution < -0.4 is 5.32 Å². The lowest BCUT2D eigenvalue weighted by Gasteiger charge is -2.34. The molecule has 2 N–H and O–H groups in total. The Hall–Kier alpha value is -1.39. The summed E-state index contributed by atoms with van der Waals surface area (Å²) in [5, 5.41) is 12.9. The van der Waals surface area contributed by atoms with Crippen LogP contribution in [0.15, 0.2) is 30.3 Å². The van der Waals surface area contributed by atoms with E-state index >= 15 is 0 Å². The van der Waals surface area contributed by atoms with Crippen LogP contribution in [0.5, 0.6) is 0 Å². The molecule has 1 aliphatic rings. The molecule has 1 aromatic rings. The Bertz CT molecular complexity index is 414. The molecule has 1 fully saturated rings. The number of piperidine rings is 1. The van der Waals surface area contributed by atoms with Gasteiger partial charge in [0.25, 0.3) is 0 Å². The summed E-state index contributed by atoms with van der Waals surface area (Å²) in [5.41, 5.74) is 1.22. The van der Waals surface area contributed by atoms with Crippen molar-refractivity contribution in [1.82, 2.24) is 10.2 Å². The van der Waals surface area contributed by atoms with Gasteiger partial charge in [-0.3, -0.25) is 4.79 Å². The molecule has 1 aliphatic heterocycles. The molecule has 1 amide bonds. The maximum atomic E-state index is 11.3. The van der Waals surface area contributed by atoms with Crippen LogP contribution in [-0.4, -0.2) is 41.7 Å². The average Bonchev–Trinajstić information content (AvgIpc) is 2.48. The van der Waals surface area contributed by atoms with Gasteiger partial charge in [-0.25, -0.2) is 0 Å². The van der Waals surface area contributed by atoms with Crippen molar-refractivity contribution in [3.05, 3.63) is 35.9 Å². The Morgan fingerprint density at radius 2 is 2.00 bits per heavy atom. The lowest BCUT2D eigenvalue weighted by molar-refractivity contribution is -0.129. The van der Waals surface area contributed by atoms with Crippen molar-refractivity contribution in [3.8, 4) is 0 Å². The fourth-order valence-corrected chi connectivity index (χ4v) is 2.81. The molecule has 0 radical (unpaired) electrons. The van der Waals surface area contributed by atoms with Gasteiger partial charge in [0.1, 0.15) is 0 Å². The standard InChI is InChI=1S/C16H24N2O2/c1-13(20)18-10-7-15(8-11-18)17-16(9-12-19)14-5-3-2-4-6-14/h2-6,15-17,19H,7-12H2,1H3/t16-/m1/s1. The normalized spacial score (nSPS) is 18.0. The molecule has 0 aromatic heterocycles. The zero-order valence-electron chi connectivity index (χ0n) is 12.1. The van der Waals surface area contributed by atoms with E-state index in [0.717, 1.165) is 32.4 Å². The van der Waals surface area contributed by atoms with Gasteiger partial charge in [-0.1, -0.05) is 30.3 Å². The predicted octanol–water partition coefficient (Wildman–Crippen LogP) is 1.71. The highest BCUT2D eigenvalue weighted by atomic mass is 16.3. The van der Waals surface area contributed by atoms with Gasteiger partial charge in [0.15, 0.2) is 0 Å². The maximum absolute atomic E-state index is 11.3. The summed E-state index contributed by atoms with van der Waals surface area (Å²) >= 11 is 0. The summed E-state index contributed by atoms with van der Waals surface area (Å²) in [6.45, 7) is 3.46. The third-order valence-electron chi connectivity index (χ3n) is 4.00. The Labute approximate surface area is 120 Å². The number of hydrogen-bond donors (Lipinski definition) is 2. The molecule has 0 bridgehead atoms. The number of carbonyl (C=O) groups is 1. The molecule has 0 aliphatic carbocycles. The molecule has 2 rings (SSSR count). The van der Waals surface area contributed by atoms with E-state index in [4.69, 9.17) is 0 Å². The van der Waals surface area contributed by atoms with Gasteiger partial charge in [-0.2, -0.15) is 0 Å². The lowest BCUT2D eigenvalue weighted by Crippen LogP contribution is -2.45. The van der Waals surface area contributed by atoms with Crippen LogP contribution in [-0.2, 0) is 4.79 Å². The fraction of sp³-hybridized carbons (Fsp3) is 0.562. The Balaban J connectivity index is 1.91. The smallest absolute Gasteiger partial charge is 0.219 e. The number of carbonyl (C=O) groups excluding carboxylic acids is 1. The van der Waals surface area contributed by atoms with Crippen molar-refractivity contribution in [3.63, 3.8) is 0 Å². The van der Waals surface area contributed by atoms with Crippen molar-refractivity contribution >= 4 is 5.91 Å². The van der Waals surface area contributed by atoms with Crippen molar-refractivity contribution in [2.24, 2.45) is 0 Å². The zero-order chi connectivity index (χ0) is 14.4. The first-order valence-electron chi connectivity index (χ1n) is 7.38. The van der Waals surface area contributed by atoms with Crippen molar-refractivity contribution in [2.75, 3.05) is 19.7 Å². The fourth-order valence-electron chi connectivity index (χ4n) is 2.81. The van der Waals surface area contributed by atoms with E-state index in [0.29, 0.717) is 6.04 Å². The van der Waals surface area contributed by atoms with Gasteiger partial charge in [-0.05, 0) is 24.8 Å². The third-order valence-corrected chi connectivity index (χ3v) is 4.00. The minimum absolute atomic E-state index is 0.165. The molecule has 1 saturated heterocycles. The largest absolute Gasteiger partial charge is 0.396 e. The lowest BCUT2D eigenvalue weighted by atomic mass is 9.99. The van der Waals surface area contributed by atoms with E-state index in [1.807, 2.05) is 23.1 Å². The van der Waals surface area contributed by atoms with E-state index in [9.17, 15) is 9.90 Å². The van der Waals surface area contributed by atoms with Crippen LogP contribution >= 0.6 is 0 Å². The van der Waals surface area contributed by atoms with Gasteiger partial charge in [0.2, 0.25) is 5.91 Å². The predicted molar refractivity (Wildman–Crippen MR) is 79.3 cm³/mol. The number of nitrogens with one attached hydrogen (secondary N) is 1. The molecule has 4 nitrogen and oxygen atoms in total. The molecule has 1 atom stereocenters. The SMILES string of the molecule is CC(=O)N1CCC(N[C@H](CCO)c2ccccc2)CC1. The highest BCUT2D eigenvalue weighted by Crippen LogP contribution is 2.20. The highest BCUT2D eigenvalue weighted by Gasteiger charge is 2.23. The van der Waals surface area contributed by atoms with Crippen LogP contribution in [0.25, 0.3) is 0 Å². The Kier molecular flexibility index (Phi) is 5.56. The monoisotopic (exact) mass is 276 g/mol. The summed E-state index contributed by atoms with van der Waals surface area (Å²) in [6, 6.07) is 10.9. The summed E-state index contributed by atoms with van der Waals surface area (Å²) < 4.78 is 0. The van der Waals surface area contributed by atoms with Crippen molar-refractivity contribution in [1.29, 1.82) is 0 Å². The minimum atomic E-state index is 0.165. The molecular weight excluding hydrogens is 252 g/mol. The van der Waals surface area contributed by atoms with E-state index in [2.05, 4.69) is 17.4 Å². The molecule has 4 heteroatoms. The number of nitrogens with zero attached hydrogens (tertiary/aromatic N) is 1. The third kappa shape index (κ3) is 4.05. The second-order valence-corrected chi connectivity index (χ2v) is 5.42. The molecular formula is C16H24N2O2. The van der Waals surface area contributed by atoms with Crippen LogP contribution in [0.1, 0.15) is 37.8 Å². The molecule has 110 valence electrons. The quantitative estimate of drug-likeness (QED) is 0.861. The second-order valence-electron chi connectivity index (χ2n) is 5.42. The summed E-state index contributed by atoms with van der Waals surface area (Å²) in [4.78, 5) is 13.2. The summed E-state index contributed by atoms with van der Waals surface area (Å²) in [7, 11) is 0. The van der Waals surface area contributed by atoms with Gasteiger partial charge >= 0.3 is 0 Å². The topological polar surface area (TPSA) is 52.6 Å². The first kappa shape index (κ1) is 15.0. The number of aliphatic hydroxyl groups is 1. The van der Waals surface area contributed by atoms with Gasteiger partial charge in [-0.15, -0.1) is 0 Å². The zero-order valence-corrected chi connectivity index (χ0v) is 12.1. The molecule has 0 spiro atoms. The molecule has 0 saturated carbocycles. The van der Waals surface area contributed by atoms with Crippen molar-refractivity contribution in [2.45, 2.75) is 38.3 Å². The molecule has 1 aromatic carbocycles. The van der Waals surface area contributed by atoms with Crippen LogP contribution in [0.3, 0.4) is 0 Å². The van der Waals surface area contributed by atoms with E-state index in [1.54, 1.807) is 6.92 Å². The number of rotatable bonds is 5. The number of hydrogen-bond acceptors (Lipinski definition) is 3. The highest BCUT2D eigenvalue weighted by molar-refractivity contribution is 5.73. The first-order chi connectivity index (χ1) is 9.70. The Morgan fingerprint density at radius 1 is 1.35 bits per heavy atom. The van der Waals surface area contributed by atoms with Crippen LogP contribution in [0.4, 0.5) is 0 Å². The Morgan fingerprint density at radius 3 is 2.55 bits per heavy atom. The van der Waals surface area contributed by atoms with Gasteiger partial charge in [0, 0.05) is 38.7 Å². The van der Waals surface area contributed by atoms with Crippen LogP contribution in [0, 0.1) is 0 Å². The number of benzene rings is 1. The van der Waals surface area contributed by atoms with Gasteiger partial charge < -0.3 is 15.3 Å². The molecule has 20 heavy (non-hydrogen) atoms. The molecule has 1 heterocycles. The number of likely N-dealkylation sites (tertiary alicyclic amines) is 1. The van der Waals surface area contributed by atoms with Crippen molar-refractivity contribution < 1.29 is 9.90 Å². The number of aliphatic hydroxyl groups excluding tert-OH is 1. The van der Waals surface area contributed by atoms with E-state index in [1.165, 1.54) is 5.56 Å². The summed E-state index contributed by atoms with van der Waals surface area (Å²) in [5.74, 6) is 0.165. The summed E-state index contributed by atoms with van der Waals surface area (Å²) in [6.07, 6.45) is 2.68. The van der Waals surface area contributed by atoms with E-state index < -0.39 is 0 Å². The first-order valence-corrected chi connectivity index (χ1v) is 7.38. The second kappa shape index (κ2) is 7.41. The number of amides is 1. The maximum Gasteiger partial charge on any atom is 0.219 e. The molecule has 0 unspecified atom stereocenters. The average molecular weight is 276 g/mol. The van der Waals surface area contributed by atoms with Gasteiger partial charge in [0.05, 0.1) is 0 Å².